The maximum atomic E-state index is 14.4. The van der Waals surface area contributed by atoms with Gasteiger partial charge in [-0.25, -0.2) is 4.39 Å². The van der Waals surface area contributed by atoms with Crippen molar-refractivity contribution in [3.63, 3.8) is 0 Å². The van der Waals surface area contributed by atoms with E-state index < -0.39 is 0 Å². The first-order valence-corrected chi connectivity index (χ1v) is 6.63. The molecule has 0 aromatic heterocycles. The molecule has 3 nitrogen and oxygen atoms in total. The SMILES string of the molecule is COc1c(C)c(F)c(C)c(C2(CN)CCC2)c1OC. The smallest absolute Gasteiger partial charge is 0.166 e. The Bertz CT molecular complexity index is 490. The van der Waals surface area contributed by atoms with Crippen LogP contribution in [0, 0.1) is 19.7 Å². The normalized spacial score (nSPS) is 16.9. The molecule has 0 saturated heterocycles. The van der Waals surface area contributed by atoms with Gasteiger partial charge in [0.1, 0.15) is 5.82 Å². The van der Waals surface area contributed by atoms with E-state index >= 15 is 0 Å². The summed E-state index contributed by atoms with van der Waals surface area (Å²) < 4.78 is 25.3. The lowest BCUT2D eigenvalue weighted by molar-refractivity contribution is 0.237. The molecular weight excluding hydrogens is 245 g/mol. The van der Waals surface area contributed by atoms with E-state index in [-0.39, 0.29) is 11.2 Å². The zero-order valence-electron chi connectivity index (χ0n) is 12.1. The van der Waals surface area contributed by atoms with Crippen LogP contribution in [0.25, 0.3) is 0 Å². The van der Waals surface area contributed by atoms with E-state index in [1.165, 1.54) is 0 Å². The van der Waals surface area contributed by atoms with Gasteiger partial charge in [-0.3, -0.25) is 0 Å². The highest BCUT2D eigenvalue weighted by Gasteiger charge is 2.42. The van der Waals surface area contributed by atoms with E-state index in [1.54, 1.807) is 28.1 Å². The van der Waals surface area contributed by atoms with Crippen molar-refractivity contribution in [1.82, 2.24) is 0 Å². The predicted molar refractivity (Wildman–Crippen MR) is 73.6 cm³/mol. The van der Waals surface area contributed by atoms with E-state index in [0.29, 0.717) is 29.2 Å². The number of nitrogens with two attached hydrogens (primary N) is 1. The van der Waals surface area contributed by atoms with Crippen LogP contribution in [0.3, 0.4) is 0 Å². The fourth-order valence-electron chi connectivity index (χ4n) is 3.18. The van der Waals surface area contributed by atoms with Crippen molar-refractivity contribution in [3.8, 4) is 11.5 Å². The van der Waals surface area contributed by atoms with Gasteiger partial charge >= 0.3 is 0 Å². The van der Waals surface area contributed by atoms with E-state index in [0.717, 1.165) is 24.8 Å². The molecule has 2 N–H and O–H groups in total. The Hall–Kier alpha value is -1.29. The minimum atomic E-state index is -0.215. The first-order chi connectivity index (χ1) is 9.02. The fourth-order valence-corrected chi connectivity index (χ4v) is 3.18. The number of halogens is 1. The largest absolute Gasteiger partial charge is 0.493 e. The second-order valence-corrected chi connectivity index (χ2v) is 5.34. The van der Waals surface area contributed by atoms with Crippen LogP contribution in [-0.2, 0) is 5.41 Å². The van der Waals surface area contributed by atoms with E-state index in [9.17, 15) is 4.39 Å². The summed E-state index contributed by atoms with van der Waals surface area (Å²) >= 11 is 0. The molecule has 0 amide bonds. The van der Waals surface area contributed by atoms with Gasteiger partial charge in [0, 0.05) is 23.1 Å². The molecule has 1 fully saturated rings. The highest BCUT2D eigenvalue weighted by molar-refractivity contribution is 5.59. The molecule has 0 unspecified atom stereocenters. The van der Waals surface area contributed by atoms with Gasteiger partial charge in [-0.2, -0.15) is 0 Å². The molecule has 0 spiro atoms. The van der Waals surface area contributed by atoms with Crippen molar-refractivity contribution in [2.45, 2.75) is 38.5 Å². The van der Waals surface area contributed by atoms with Gasteiger partial charge < -0.3 is 15.2 Å². The van der Waals surface area contributed by atoms with Gasteiger partial charge in [0.25, 0.3) is 0 Å². The number of methoxy groups -OCH3 is 2. The molecule has 19 heavy (non-hydrogen) atoms. The second kappa shape index (κ2) is 5.00. The van der Waals surface area contributed by atoms with E-state index in [1.807, 2.05) is 0 Å². The third-order valence-corrected chi connectivity index (χ3v) is 4.45. The van der Waals surface area contributed by atoms with Crippen molar-refractivity contribution in [3.05, 3.63) is 22.5 Å². The van der Waals surface area contributed by atoms with Crippen molar-refractivity contribution in [2.75, 3.05) is 20.8 Å². The Balaban J connectivity index is 2.75. The molecule has 2 rings (SSSR count). The minimum Gasteiger partial charge on any atom is -0.493 e. The fraction of sp³-hybridized carbons (Fsp3) is 0.600. The van der Waals surface area contributed by atoms with Crippen LogP contribution in [0.15, 0.2) is 0 Å². The Morgan fingerprint density at radius 1 is 1.11 bits per heavy atom. The Kier molecular flexibility index (Phi) is 3.72. The summed E-state index contributed by atoms with van der Waals surface area (Å²) in [5.74, 6) is 0.914. The van der Waals surface area contributed by atoms with Crippen molar-refractivity contribution >= 4 is 0 Å². The van der Waals surface area contributed by atoms with Gasteiger partial charge in [0.2, 0.25) is 0 Å². The molecule has 1 aliphatic rings. The summed E-state index contributed by atoms with van der Waals surface area (Å²) in [6.45, 7) is 4.02. The highest BCUT2D eigenvalue weighted by atomic mass is 19.1. The molecule has 0 radical (unpaired) electrons. The number of hydrogen-bond donors (Lipinski definition) is 1. The topological polar surface area (TPSA) is 44.5 Å². The predicted octanol–water partition coefficient (Wildman–Crippen LogP) is 2.84. The number of ether oxygens (including phenoxy) is 2. The molecule has 106 valence electrons. The number of rotatable bonds is 4. The van der Waals surface area contributed by atoms with Gasteiger partial charge in [0.15, 0.2) is 11.5 Å². The van der Waals surface area contributed by atoms with Crippen LogP contribution in [0.1, 0.15) is 36.0 Å². The van der Waals surface area contributed by atoms with Crippen LogP contribution in [0.5, 0.6) is 11.5 Å². The standard InChI is InChI=1S/C15H22FNO2/c1-9-11(15(8-17)6-5-7-15)14(19-4)13(18-3)10(2)12(9)16/h5-8,17H2,1-4H3. The third-order valence-electron chi connectivity index (χ3n) is 4.45. The van der Waals surface area contributed by atoms with Gasteiger partial charge in [-0.15, -0.1) is 0 Å². The molecule has 0 heterocycles. The zero-order chi connectivity index (χ0) is 14.2. The van der Waals surface area contributed by atoms with Gasteiger partial charge in [-0.05, 0) is 32.3 Å². The number of hydrogen-bond acceptors (Lipinski definition) is 3. The second-order valence-electron chi connectivity index (χ2n) is 5.34. The van der Waals surface area contributed by atoms with Gasteiger partial charge in [-0.1, -0.05) is 6.42 Å². The monoisotopic (exact) mass is 267 g/mol. The summed E-state index contributed by atoms with van der Waals surface area (Å²) in [7, 11) is 3.14. The van der Waals surface area contributed by atoms with Gasteiger partial charge in [0.05, 0.1) is 14.2 Å². The van der Waals surface area contributed by atoms with Crippen LogP contribution >= 0.6 is 0 Å². The lowest BCUT2D eigenvalue weighted by Crippen LogP contribution is -2.42. The highest BCUT2D eigenvalue weighted by Crippen LogP contribution is 2.52. The number of benzene rings is 1. The van der Waals surface area contributed by atoms with Crippen LogP contribution in [0.2, 0.25) is 0 Å². The minimum absolute atomic E-state index is 0.156. The summed E-state index contributed by atoms with van der Waals surface area (Å²) in [6.07, 6.45) is 3.08. The Labute approximate surface area is 113 Å². The van der Waals surface area contributed by atoms with Crippen LogP contribution < -0.4 is 15.2 Å². The molecule has 1 aromatic rings. The molecule has 0 bridgehead atoms. The Morgan fingerprint density at radius 3 is 2.05 bits per heavy atom. The first kappa shape index (κ1) is 14.1. The maximum absolute atomic E-state index is 14.4. The maximum Gasteiger partial charge on any atom is 0.166 e. The average Bonchev–Trinajstić information content (AvgIpc) is 2.37. The quantitative estimate of drug-likeness (QED) is 0.912. The van der Waals surface area contributed by atoms with Crippen molar-refractivity contribution in [2.24, 2.45) is 5.73 Å². The molecular formula is C15H22FNO2. The van der Waals surface area contributed by atoms with Crippen molar-refractivity contribution in [1.29, 1.82) is 0 Å². The lowest BCUT2D eigenvalue weighted by Gasteiger charge is -2.43. The summed E-state index contributed by atoms with van der Waals surface area (Å²) in [5, 5.41) is 0. The van der Waals surface area contributed by atoms with Crippen LogP contribution in [0.4, 0.5) is 4.39 Å². The molecule has 1 aromatic carbocycles. The molecule has 4 heteroatoms. The third kappa shape index (κ3) is 1.89. The molecule has 0 aliphatic heterocycles. The lowest BCUT2D eigenvalue weighted by atomic mass is 9.63. The van der Waals surface area contributed by atoms with E-state index in [4.69, 9.17) is 15.2 Å². The summed E-state index contributed by atoms with van der Waals surface area (Å²) in [4.78, 5) is 0. The Morgan fingerprint density at radius 2 is 1.68 bits per heavy atom. The summed E-state index contributed by atoms with van der Waals surface area (Å²) in [6, 6.07) is 0. The molecule has 1 saturated carbocycles. The van der Waals surface area contributed by atoms with E-state index in [2.05, 4.69) is 0 Å². The van der Waals surface area contributed by atoms with Crippen molar-refractivity contribution < 1.29 is 13.9 Å². The zero-order valence-corrected chi connectivity index (χ0v) is 12.1. The molecule has 1 aliphatic carbocycles. The van der Waals surface area contributed by atoms with Crippen LogP contribution in [-0.4, -0.2) is 20.8 Å². The summed E-state index contributed by atoms with van der Waals surface area (Å²) in [5.41, 5.74) is 7.82. The average molecular weight is 267 g/mol. The first-order valence-electron chi connectivity index (χ1n) is 6.63. The molecule has 0 atom stereocenters.